The molecule has 3 rings (SSSR count). The first-order valence-electron chi connectivity index (χ1n) is 10.2. The molecule has 0 aliphatic carbocycles. The van der Waals surface area contributed by atoms with Crippen molar-refractivity contribution in [3.05, 3.63) is 63.6 Å². The molecule has 9 heteroatoms. The van der Waals surface area contributed by atoms with Gasteiger partial charge in [-0.1, -0.05) is 23.7 Å². The molecule has 32 heavy (non-hydrogen) atoms. The van der Waals surface area contributed by atoms with Crippen LogP contribution in [-0.4, -0.2) is 29.7 Å². The fraction of sp³-hybridized carbons (Fsp3) is 0.348. The molecular formula is C23H25ClN2O6. The molecule has 170 valence electrons. The fourth-order valence-corrected chi connectivity index (χ4v) is 3.46. The van der Waals surface area contributed by atoms with Crippen molar-refractivity contribution in [1.82, 2.24) is 9.88 Å². The van der Waals surface area contributed by atoms with Gasteiger partial charge in [0.2, 0.25) is 5.91 Å². The zero-order valence-corrected chi connectivity index (χ0v) is 18.8. The lowest BCUT2D eigenvalue weighted by atomic mass is 10.0. The summed E-state index contributed by atoms with van der Waals surface area (Å²) >= 11 is 5.93. The number of rotatable bonds is 9. The maximum Gasteiger partial charge on any atom is 0.419 e. The number of nitrogens with zero attached hydrogens (tertiary/aromatic N) is 1. The highest BCUT2D eigenvalue weighted by Crippen LogP contribution is 2.22. The minimum absolute atomic E-state index is 0.0169. The second-order valence-electron chi connectivity index (χ2n) is 7.52. The molecule has 0 aliphatic heterocycles. The minimum atomic E-state index is -0.587. The molecule has 3 aromatic rings. The van der Waals surface area contributed by atoms with Crippen LogP contribution in [0.3, 0.4) is 0 Å². The third-order valence-electron chi connectivity index (χ3n) is 4.78. The summed E-state index contributed by atoms with van der Waals surface area (Å²) in [6.07, 6.45) is -0.267. The van der Waals surface area contributed by atoms with Gasteiger partial charge in [0.05, 0.1) is 31.2 Å². The fourth-order valence-electron chi connectivity index (χ4n) is 3.30. The molecule has 1 amide bonds. The van der Waals surface area contributed by atoms with Gasteiger partial charge in [0.25, 0.3) is 0 Å². The number of nitrogens with one attached hydrogen (secondary N) is 1. The number of oxazole rings is 1. The molecule has 0 aliphatic rings. The van der Waals surface area contributed by atoms with E-state index in [9.17, 15) is 14.4 Å². The summed E-state index contributed by atoms with van der Waals surface area (Å²) in [5.41, 5.74) is 1.65. The Morgan fingerprint density at radius 3 is 2.53 bits per heavy atom. The highest BCUT2D eigenvalue weighted by atomic mass is 35.5. The van der Waals surface area contributed by atoms with E-state index in [1.807, 2.05) is 0 Å². The smallest absolute Gasteiger partial charge is 0.419 e. The molecule has 1 heterocycles. The molecule has 2 aromatic carbocycles. The van der Waals surface area contributed by atoms with Gasteiger partial charge < -0.3 is 19.2 Å². The number of hydrogen-bond acceptors (Lipinski definition) is 6. The maximum absolute atomic E-state index is 12.7. The lowest BCUT2D eigenvalue weighted by Crippen LogP contribution is -2.32. The summed E-state index contributed by atoms with van der Waals surface area (Å²) in [5, 5.41) is 3.32. The molecule has 0 fully saturated rings. The highest BCUT2D eigenvalue weighted by molar-refractivity contribution is 6.31. The topological polar surface area (TPSA) is 99.8 Å². The van der Waals surface area contributed by atoms with Crippen LogP contribution >= 0.6 is 11.6 Å². The third-order valence-corrected chi connectivity index (χ3v) is 5.02. The Labute approximate surface area is 190 Å². The van der Waals surface area contributed by atoms with Crippen molar-refractivity contribution in [3.8, 4) is 5.75 Å². The average Bonchev–Trinajstić information content (AvgIpc) is 3.05. The maximum atomic E-state index is 12.7. The Morgan fingerprint density at radius 2 is 1.88 bits per heavy atom. The summed E-state index contributed by atoms with van der Waals surface area (Å²) in [7, 11) is 1.56. The van der Waals surface area contributed by atoms with Gasteiger partial charge in [-0.15, -0.1) is 0 Å². The average molecular weight is 461 g/mol. The molecule has 1 N–H and O–H groups in total. The van der Waals surface area contributed by atoms with Crippen LogP contribution in [0.4, 0.5) is 0 Å². The Hall–Kier alpha value is -3.26. The number of hydrogen-bond donors (Lipinski definition) is 1. The van der Waals surface area contributed by atoms with Crippen LogP contribution in [0.25, 0.3) is 11.1 Å². The summed E-state index contributed by atoms with van der Waals surface area (Å²) in [4.78, 5) is 37.1. The van der Waals surface area contributed by atoms with Crippen LogP contribution in [0, 0.1) is 0 Å². The van der Waals surface area contributed by atoms with Gasteiger partial charge >= 0.3 is 11.7 Å². The van der Waals surface area contributed by atoms with E-state index in [1.165, 1.54) is 4.57 Å². The minimum Gasteiger partial charge on any atom is -0.497 e. The van der Waals surface area contributed by atoms with Crippen molar-refractivity contribution in [2.24, 2.45) is 0 Å². The van der Waals surface area contributed by atoms with E-state index >= 15 is 0 Å². The van der Waals surface area contributed by atoms with Gasteiger partial charge in [0, 0.05) is 24.1 Å². The van der Waals surface area contributed by atoms with E-state index in [1.54, 1.807) is 63.4 Å². The number of ether oxygens (including phenoxy) is 2. The predicted molar refractivity (Wildman–Crippen MR) is 120 cm³/mol. The van der Waals surface area contributed by atoms with Crippen molar-refractivity contribution in [3.63, 3.8) is 0 Å². The first-order chi connectivity index (χ1) is 15.3. The number of amides is 1. The van der Waals surface area contributed by atoms with Gasteiger partial charge in [-0.3, -0.25) is 14.2 Å². The number of aromatic nitrogens is 1. The predicted octanol–water partition coefficient (Wildman–Crippen LogP) is 3.85. The number of methoxy groups -OCH3 is 1. The van der Waals surface area contributed by atoms with E-state index in [4.69, 9.17) is 25.5 Å². The first-order valence-corrected chi connectivity index (χ1v) is 10.6. The molecule has 0 radical (unpaired) electrons. The van der Waals surface area contributed by atoms with Crippen molar-refractivity contribution in [1.29, 1.82) is 0 Å². The van der Waals surface area contributed by atoms with Crippen molar-refractivity contribution >= 4 is 34.6 Å². The number of carbonyl (C=O) groups excluding carboxylic acids is 2. The monoisotopic (exact) mass is 460 g/mol. The highest BCUT2D eigenvalue weighted by Gasteiger charge is 2.21. The van der Waals surface area contributed by atoms with Crippen LogP contribution in [-0.2, 0) is 20.9 Å². The third kappa shape index (κ3) is 5.91. The van der Waals surface area contributed by atoms with Crippen LogP contribution in [0.1, 0.15) is 38.3 Å². The van der Waals surface area contributed by atoms with Crippen molar-refractivity contribution in [2.75, 3.05) is 7.11 Å². The molecule has 0 bridgehead atoms. The summed E-state index contributed by atoms with van der Waals surface area (Å²) in [6.45, 7) is 3.64. The Bertz CT molecular complexity index is 1150. The SMILES string of the molecule is COc1ccc([C@@H](CC(=O)OC(C)C)NC(=O)CCn2c(=O)oc3cc(Cl)ccc32)cc1. The van der Waals surface area contributed by atoms with E-state index in [0.29, 0.717) is 21.9 Å². The van der Waals surface area contributed by atoms with Crippen molar-refractivity contribution < 1.29 is 23.5 Å². The van der Waals surface area contributed by atoms with Crippen LogP contribution < -0.4 is 15.8 Å². The molecule has 0 saturated heterocycles. The molecule has 8 nitrogen and oxygen atoms in total. The zero-order valence-electron chi connectivity index (χ0n) is 18.1. The van der Waals surface area contributed by atoms with Gasteiger partial charge in [-0.2, -0.15) is 0 Å². The van der Waals surface area contributed by atoms with Gasteiger partial charge in [0.15, 0.2) is 5.58 Å². The van der Waals surface area contributed by atoms with E-state index in [-0.39, 0.29) is 31.4 Å². The summed E-state index contributed by atoms with van der Waals surface area (Å²) in [5.74, 6) is -0.648. The zero-order chi connectivity index (χ0) is 23.3. The normalized spacial score (nSPS) is 12.0. The number of fused-ring (bicyclic) bond motifs is 1. The molecule has 0 spiro atoms. The number of esters is 1. The van der Waals surface area contributed by atoms with E-state index < -0.39 is 17.8 Å². The summed E-state index contributed by atoms with van der Waals surface area (Å²) in [6, 6.07) is 11.4. The lowest BCUT2D eigenvalue weighted by Gasteiger charge is -2.20. The van der Waals surface area contributed by atoms with Gasteiger partial charge in [-0.05, 0) is 43.7 Å². The standard InChI is InChI=1S/C23H25ClN2O6/c1-14(2)31-22(28)13-18(15-4-7-17(30-3)8-5-15)25-21(27)10-11-26-19-9-6-16(24)12-20(19)32-23(26)29/h4-9,12,14,18H,10-11,13H2,1-3H3,(H,25,27)/t18-/m1/s1. The number of benzene rings is 2. The Kier molecular flexibility index (Phi) is 7.58. The van der Waals surface area contributed by atoms with Crippen molar-refractivity contribution in [2.45, 2.75) is 45.4 Å². The Balaban J connectivity index is 1.72. The Morgan fingerprint density at radius 1 is 1.16 bits per heavy atom. The summed E-state index contributed by atoms with van der Waals surface area (Å²) < 4.78 is 17.0. The number of aryl methyl sites for hydroxylation is 1. The molecule has 0 saturated carbocycles. The molecule has 1 aromatic heterocycles. The van der Waals surface area contributed by atoms with Crippen LogP contribution in [0.15, 0.2) is 51.7 Å². The van der Waals surface area contributed by atoms with Gasteiger partial charge in [0.1, 0.15) is 5.75 Å². The van der Waals surface area contributed by atoms with Crippen LogP contribution in [0.5, 0.6) is 5.75 Å². The quantitative estimate of drug-likeness (QED) is 0.487. The molecule has 1 atom stereocenters. The van der Waals surface area contributed by atoms with E-state index in [0.717, 1.165) is 5.56 Å². The largest absolute Gasteiger partial charge is 0.497 e. The van der Waals surface area contributed by atoms with Gasteiger partial charge in [-0.25, -0.2) is 4.79 Å². The second-order valence-corrected chi connectivity index (χ2v) is 7.95. The second kappa shape index (κ2) is 10.4. The molecule has 0 unspecified atom stereocenters. The number of halogens is 1. The van der Waals surface area contributed by atoms with Crippen LogP contribution in [0.2, 0.25) is 5.02 Å². The van der Waals surface area contributed by atoms with E-state index in [2.05, 4.69) is 5.32 Å². The first kappa shape index (κ1) is 23.4. The molecular weight excluding hydrogens is 436 g/mol. The number of carbonyl (C=O) groups is 2. The lowest BCUT2D eigenvalue weighted by molar-refractivity contribution is -0.148.